The van der Waals surface area contributed by atoms with Gasteiger partial charge in [0.1, 0.15) is 11.6 Å². The maximum Gasteiger partial charge on any atom is 0.132 e. The second-order valence-corrected chi connectivity index (χ2v) is 4.42. The van der Waals surface area contributed by atoms with Gasteiger partial charge in [-0.1, -0.05) is 27.2 Å². The molecule has 3 heteroatoms. The van der Waals surface area contributed by atoms with Crippen LogP contribution in [0.2, 0.25) is 0 Å². The molecular formula is C14H25N3. The summed E-state index contributed by atoms with van der Waals surface area (Å²) < 4.78 is 0. The molecule has 0 aliphatic carbocycles. The van der Waals surface area contributed by atoms with Crippen LogP contribution in [0.4, 0.5) is 5.82 Å². The molecule has 0 aliphatic rings. The molecule has 0 spiro atoms. The molecule has 0 radical (unpaired) electrons. The molecule has 0 aromatic carbocycles. The maximum absolute atomic E-state index is 4.65. The van der Waals surface area contributed by atoms with Gasteiger partial charge in [-0.05, 0) is 25.3 Å². The van der Waals surface area contributed by atoms with E-state index in [1.54, 1.807) is 0 Å². The van der Waals surface area contributed by atoms with Crippen molar-refractivity contribution in [2.45, 2.75) is 52.9 Å². The van der Waals surface area contributed by atoms with E-state index >= 15 is 0 Å². The second kappa shape index (κ2) is 8.04. The van der Waals surface area contributed by atoms with Crippen LogP contribution in [0.5, 0.6) is 0 Å². The van der Waals surface area contributed by atoms with Gasteiger partial charge in [0.15, 0.2) is 0 Å². The van der Waals surface area contributed by atoms with Gasteiger partial charge in [0.2, 0.25) is 0 Å². The van der Waals surface area contributed by atoms with Crippen molar-refractivity contribution in [2.24, 2.45) is 0 Å². The Kier molecular flexibility index (Phi) is 6.60. The molecule has 0 aliphatic heterocycles. The van der Waals surface area contributed by atoms with Crippen molar-refractivity contribution in [3.05, 3.63) is 18.1 Å². The van der Waals surface area contributed by atoms with E-state index in [2.05, 4.69) is 35.6 Å². The first-order valence-electron chi connectivity index (χ1n) is 6.88. The summed E-state index contributed by atoms with van der Waals surface area (Å²) in [5.41, 5.74) is 0. The zero-order valence-electron chi connectivity index (χ0n) is 11.4. The van der Waals surface area contributed by atoms with Gasteiger partial charge in [0.05, 0.1) is 0 Å². The Hall–Kier alpha value is -1.12. The minimum absolute atomic E-state index is 0.974. The first-order chi connectivity index (χ1) is 8.31. The summed E-state index contributed by atoms with van der Waals surface area (Å²) in [7, 11) is 0. The molecule has 0 unspecified atom stereocenters. The molecule has 1 aromatic rings. The van der Waals surface area contributed by atoms with Crippen molar-refractivity contribution in [3.63, 3.8) is 0 Å². The Morgan fingerprint density at radius 2 is 1.88 bits per heavy atom. The van der Waals surface area contributed by atoms with Crippen molar-refractivity contribution < 1.29 is 0 Å². The fourth-order valence-corrected chi connectivity index (χ4v) is 1.87. The van der Waals surface area contributed by atoms with E-state index in [4.69, 9.17) is 0 Å². The third kappa shape index (κ3) is 4.72. The molecule has 0 amide bonds. The monoisotopic (exact) mass is 235 g/mol. The van der Waals surface area contributed by atoms with E-state index in [0.717, 1.165) is 44.0 Å². The smallest absolute Gasteiger partial charge is 0.132 e. The van der Waals surface area contributed by atoms with Gasteiger partial charge in [0.25, 0.3) is 0 Å². The van der Waals surface area contributed by atoms with Gasteiger partial charge in [-0.25, -0.2) is 9.97 Å². The lowest BCUT2D eigenvalue weighted by Gasteiger charge is -2.23. The lowest BCUT2D eigenvalue weighted by molar-refractivity contribution is 0.690. The Morgan fingerprint density at radius 1 is 1.06 bits per heavy atom. The topological polar surface area (TPSA) is 29.0 Å². The SMILES string of the molecule is CCCCN(CCC)c1ccnc(CCC)n1. The molecule has 0 fully saturated rings. The fraction of sp³-hybridized carbons (Fsp3) is 0.714. The van der Waals surface area contributed by atoms with Gasteiger partial charge < -0.3 is 4.90 Å². The first-order valence-corrected chi connectivity index (χ1v) is 6.88. The standard InChI is InChI=1S/C14H25N3/c1-4-7-12-17(11-6-3)14-9-10-15-13(16-14)8-5-2/h9-10H,4-8,11-12H2,1-3H3. The van der Waals surface area contributed by atoms with E-state index < -0.39 is 0 Å². The van der Waals surface area contributed by atoms with Crippen molar-refractivity contribution in [2.75, 3.05) is 18.0 Å². The van der Waals surface area contributed by atoms with Crippen molar-refractivity contribution >= 4 is 5.82 Å². The van der Waals surface area contributed by atoms with Gasteiger partial charge in [-0.2, -0.15) is 0 Å². The summed E-state index contributed by atoms with van der Waals surface area (Å²) in [6.45, 7) is 8.80. The third-order valence-electron chi connectivity index (χ3n) is 2.76. The Labute approximate surface area is 105 Å². The average Bonchev–Trinajstić information content (AvgIpc) is 2.35. The van der Waals surface area contributed by atoms with Gasteiger partial charge in [-0.15, -0.1) is 0 Å². The van der Waals surface area contributed by atoms with Gasteiger partial charge in [-0.3, -0.25) is 0 Å². The predicted molar refractivity (Wildman–Crippen MR) is 73.4 cm³/mol. The molecule has 17 heavy (non-hydrogen) atoms. The summed E-state index contributed by atoms with van der Waals surface area (Å²) in [4.78, 5) is 11.3. The number of hydrogen-bond donors (Lipinski definition) is 0. The van der Waals surface area contributed by atoms with Crippen molar-refractivity contribution in [1.82, 2.24) is 9.97 Å². The van der Waals surface area contributed by atoms with Crippen molar-refractivity contribution in [3.8, 4) is 0 Å². The summed E-state index contributed by atoms with van der Waals surface area (Å²) >= 11 is 0. The number of aromatic nitrogens is 2. The lowest BCUT2D eigenvalue weighted by Crippen LogP contribution is -2.26. The van der Waals surface area contributed by atoms with Crippen LogP contribution in [0.3, 0.4) is 0 Å². The summed E-state index contributed by atoms with van der Waals surface area (Å²) in [6.07, 6.45) is 7.59. The molecule has 96 valence electrons. The molecule has 1 rings (SSSR count). The normalized spacial score (nSPS) is 10.5. The van der Waals surface area contributed by atoms with E-state index in [1.807, 2.05) is 12.3 Å². The molecule has 1 aromatic heterocycles. The molecule has 3 nitrogen and oxygen atoms in total. The van der Waals surface area contributed by atoms with E-state index in [0.29, 0.717) is 0 Å². The van der Waals surface area contributed by atoms with Crippen molar-refractivity contribution in [1.29, 1.82) is 0 Å². The van der Waals surface area contributed by atoms with Crippen LogP contribution in [0.25, 0.3) is 0 Å². The molecule has 0 N–H and O–H groups in total. The molecule has 0 atom stereocenters. The minimum atomic E-state index is 0.974. The van der Waals surface area contributed by atoms with Crippen LogP contribution < -0.4 is 4.90 Å². The molecule has 0 saturated carbocycles. The highest BCUT2D eigenvalue weighted by atomic mass is 15.2. The number of unbranched alkanes of at least 4 members (excludes halogenated alkanes) is 1. The van der Waals surface area contributed by atoms with Crippen LogP contribution in [0, 0.1) is 0 Å². The number of aryl methyl sites for hydroxylation is 1. The fourth-order valence-electron chi connectivity index (χ4n) is 1.87. The van der Waals surface area contributed by atoms with Crippen LogP contribution >= 0.6 is 0 Å². The summed E-state index contributed by atoms with van der Waals surface area (Å²) in [5.74, 6) is 2.07. The number of nitrogens with zero attached hydrogens (tertiary/aromatic N) is 3. The van der Waals surface area contributed by atoms with E-state index in [1.165, 1.54) is 12.8 Å². The van der Waals surface area contributed by atoms with Crippen LogP contribution in [0.15, 0.2) is 12.3 Å². The second-order valence-electron chi connectivity index (χ2n) is 4.42. The molecule has 0 bridgehead atoms. The minimum Gasteiger partial charge on any atom is -0.357 e. The molecular weight excluding hydrogens is 210 g/mol. The molecule has 1 heterocycles. The largest absolute Gasteiger partial charge is 0.357 e. The van der Waals surface area contributed by atoms with E-state index in [-0.39, 0.29) is 0 Å². The first kappa shape index (κ1) is 13.9. The van der Waals surface area contributed by atoms with Crippen LogP contribution in [-0.4, -0.2) is 23.1 Å². The number of hydrogen-bond acceptors (Lipinski definition) is 3. The third-order valence-corrected chi connectivity index (χ3v) is 2.76. The van der Waals surface area contributed by atoms with Crippen LogP contribution in [0.1, 0.15) is 52.3 Å². The van der Waals surface area contributed by atoms with Gasteiger partial charge in [0, 0.05) is 25.7 Å². The average molecular weight is 235 g/mol. The highest BCUT2D eigenvalue weighted by molar-refractivity contribution is 5.37. The van der Waals surface area contributed by atoms with Gasteiger partial charge >= 0.3 is 0 Å². The highest BCUT2D eigenvalue weighted by Gasteiger charge is 2.07. The maximum atomic E-state index is 4.65. The number of rotatable bonds is 8. The lowest BCUT2D eigenvalue weighted by atomic mass is 10.3. The Balaban J connectivity index is 2.73. The zero-order valence-corrected chi connectivity index (χ0v) is 11.4. The van der Waals surface area contributed by atoms with E-state index in [9.17, 15) is 0 Å². The zero-order chi connectivity index (χ0) is 12.5. The number of anilines is 1. The summed E-state index contributed by atoms with van der Waals surface area (Å²) in [5, 5.41) is 0. The summed E-state index contributed by atoms with van der Waals surface area (Å²) in [6, 6.07) is 2.03. The highest BCUT2D eigenvalue weighted by Crippen LogP contribution is 2.12. The van der Waals surface area contributed by atoms with Crippen LogP contribution in [-0.2, 0) is 6.42 Å². The molecule has 0 saturated heterocycles. The Bertz CT molecular complexity index is 312. The quantitative estimate of drug-likeness (QED) is 0.691. The predicted octanol–water partition coefficient (Wildman–Crippen LogP) is 3.45. The Morgan fingerprint density at radius 3 is 2.53 bits per heavy atom.